The molecule has 0 N–H and O–H groups in total. The van der Waals surface area contributed by atoms with Gasteiger partial charge in [-0.25, -0.2) is 9.97 Å². The van der Waals surface area contributed by atoms with Crippen LogP contribution in [0.15, 0.2) is 82.4 Å². The lowest BCUT2D eigenvalue weighted by atomic mass is 9.90. The molecule has 2 aromatic heterocycles. The number of pyridine rings is 2. The van der Waals surface area contributed by atoms with Gasteiger partial charge in [0, 0.05) is 53.9 Å². The summed E-state index contributed by atoms with van der Waals surface area (Å²) in [7, 11) is 0. The molecule has 0 atom stereocenters. The molecule has 160 valence electrons. The number of benzene rings is 6. The van der Waals surface area contributed by atoms with Gasteiger partial charge < -0.3 is 0 Å². The molecule has 2 heterocycles. The first-order chi connectivity index (χ1) is 16.7. The van der Waals surface area contributed by atoms with E-state index in [0.29, 0.717) is 21.5 Å². The highest BCUT2D eigenvalue weighted by Gasteiger charge is 2.22. The van der Waals surface area contributed by atoms with E-state index in [0.717, 1.165) is 54.4 Å². The molecule has 0 bridgehead atoms. The molecule has 0 fully saturated rings. The SMILES string of the molecule is CC.O=c1c2ccccc2c2nc3ccc4c(=O)c5ccccc5c5nc6ccc1c2c6c3c45. The molecule has 0 aliphatic rings. The molecule has 34 heavy (non-hydrogen) atoms. The first kappa shape index (κ1) is 19.1. The number of fused-ring (bicyclic) bond motifs is 4. The normalized spacial score (nSPS) is 12.1. The fourth-order valence-corrected chi connectivity index (χ4v) is 5.55. The molecule has 0 saturated heterocycles. The summed E-state index contributed by atoms with van der Waals surface area (Å²) in [6, 6.07) is 22.8. The molecular weight excluding hydrogens is 420 g/mol. The Labute approximate surface area is 193 Å². The predicted molar refractivity (Wildman–Crippen MR) is 142 cm³/mol. The van der Waals surface area contributed by atoms with E-state index in [1.54, 1.807) is 0 Å². The Morgan fingerprint density at radius 1 is 0.441 bits per heavy atom. The summed E-state index contributed by atoms with van der Waals surface area (Å²) in [5.41, 5.74) is 3.24. The molecule has 0 aliphatic carbocycles. The van der Waals surface area contributed by atoms with Crippen LogP contribution in [-0.4, -0.2) is 9.97 Å². The average Bonchev–Trinajstić information content (AvgIpc) is 2.90. The third-order valence-electron chi connectivity index (χ3n) is 6.90. The first-order valence-electron chi connectivity index (χ1n) is 11.5. The zero-order valence-electron chi connectivity index (χ0n) is 18.6. The van der Waals surface area contributed by atoms with Crippen LogP contribution in [0.3, 0.4) is 0 Å². The number of hydrogen-bond donors (Lipinski definition) is 0. The lowest BCUT2D eigenvalue weighted by molar-refractivity contribution is 1.49. The molecule has 6 aromatic carbocycles. The minimum atomic E-state index is 0.00166. The van der Waals surface area contributed by atoms with Crippen LogP contribution >= 0.6 is 0 Å². The Kier molecular flexibility index (Phi) is 3.67. The third-order valence-corrected chi connectivity index (χ3v) is 6.90. The predicted octanol–water partition coefficient (Wildman–Crippen LogP) is 6.61. The maximum Gasteiger partial charge on any atom is 0.194 e. The van der Waals surface area contributed by atoms with Crippen LogP contribution < -0.4 is 10.9 Å². The van der Waals surface area contributed by atoms with Crippen LogP contribution in [0.25, 0.3) is 75.9 Å². The van der Waals surface area contributed by atoms with Crippen molar-refractivity contribution in [3.8, 4) is 0 Å². The van der Waals surface area contributed by atoms with Crippen molar-refractivity contribution in [2.75, 3.05) is 0 Å². The molecule has 0 aliphatic heterocycles. The first-order valence-corrected chi connectivity index (χ1v) is 11.5. The molecule has 4 nitrogen and oxygen atoms in total. The van der Waals surface area contributed by atoms with Crippen LogP contribution in [0.2, 0.25) is 0 Å². The second kappa shape index (κ2) is 6.55. The number of aromatic nitrogens is 2. The summed E-state index contributed by atoms with van der Waals surface area (Å²) in [6.07, 6.45) is 0. The van der Waals surface area contributed by atoms with Crippen molar-refractivity contribution in [1.29, 1.82) is 0 Å². The average molecular weight is 438 g/mol. The van der Waals surface area contributed by atoms with Crippen molar-refractivity contribution < 1.29 is 0 Å². The zero-order valence-corrected chi connectivity index (χ0v) is 18.6. The summed E-state index contributed by atoms with van der Waals surface area (Å²) in [5, 5.41) is 7.82. The lowest BCUT2D eigenvalue weighted by Gasteiger charge is -2.17. The minimum absolute atomic E-state index is 0.00166. The molecule has 0 radical (unpaired) electrons. The highest BCUT2D eigenvalue weighted by Crippen LogP contribution is 2.42. The van der Waals surface area contributed by atoms with Crippen LogP contribution in [0.1, 0.15) is 13.8 Å². The van der Waals surface area contributed by atoms with E-state index in [9.17, 15) is 9.59 Å². The van der Waals surface area contributed by atoms with Gasteiger partial charge in [-0.15, -0.1) is 0 Å². The van der Waals surface area contributed by atoms with Crippen molar-refractivity contribution in [3.05, 3.63) is 93.2 Å². The summed E-state index contributed by atoms with van der Waals surface area (Å²) in [6.45, 7) is 4.00. The number of nitrogens with zero attached hydrogens (tertiary/aromatic N) is 2. The molecule has 0 amide bonds. The minimum Gasteiger partial charge on any atom is -0.289 e. The fraction of sp³-hybridized carbons (Fsp3) is 0.0667. The summed E-state index contributed by atoms with van der Waals surface area (Å²) >= 11 is 0. The summed E-state index contributed by atoms with van der Waals surface area (Å²) in [4.78, 5) is 36.8. The van der Waals surface area contributed by atoms with Crippen LogP contribution in [0, 0.1) is 0 Å². The summed E-state index contributed by atoms with van der Waals surface area (Å²) in [5.74, 6) is 0. The monoisotopic (exact) mass is 438 g/mol. The fourth-order valence-electron chi connectivity index (χ4n) is 5.55. The van der Waals surface area contributed by atoms with Gasteiger partial charge in [-0.3, -0.25) is 9.59 Å². The Hall–Kier alpha value is -4.44. The molecule has 0 unspecified atom stereocenters. The van der Waals surface area contributed by atoms with Crippen molar-refractivity contribution in [2.45, 2.75) is 13.8 Å². The van der Waals surface area contributed by atoms with E-state index in [2.05, 4.69) is 0 Å². The van der Waals surface area contributed by atoms with Crippen molar-refractivity contribution >= 4 is 75.9 Å². The highest BCUT2D eigenvalue weighted by molar-refractivity contribution is 6.37. The molecule has 4 heteroatoms. The van der Waals surface area contributed by atoms with Gasteiger partial charge in [0.15, 0.2) is 10.9 Å². The van der Waals surface area contributed by atoms with Crippen molar-refractivity contribution in [3.63, 3.8) is 0 Å². The van der Waals surface area contributed by atoms with Gasteiger partial charge in [0.05, 0.1) is 22.1 Å². The van der Waals surface area contributed by atoms with Gasteiger partial charge in [0.1, 0.15) is 0 Å². The number of hydrogen-bond acceptors (Lipinski definition) is 4. The Morgan fingerprint density at radius 2 is 0.824 bits per heavy atom. The third kappa shape index (κ3) is 2.13. The number of rotatable bonds is 0. The second-order valence-electron chi connectivity index (χ2n) is 8.43. The van der Waals surface area contributed by atoms with Gasteiger partial charge >= 0.3 is 0 Å². The van der Waals surface area contributed by atoms with Crippen LogP contribution in [-0.2, 0) is 0 Å². The van der Waals surface area contributed by atoms with Gasteiger partial charge in [-0.1, -0.05) is 62.4 Å². The maximum atomic E-state index is 13.3. The largest absolute Gasteiger partial charge is 0.289 e. The van der Waals surface area contributed by atoms with Gasteiger partial charge in [-0.2, -0.15) is 0 Å². The van der Waals surface area contributed by atoms with E-state index in [-0.39, 0.29) is 10.9 Å². The second-order valence-corrected chi connectivity index (χ2v) is 8.43. The van der Waals surface area contributed by atoms with Crippen molar-refractivity contribution in [2.24, 2.45) is 0 Å². The van der Waals surface area contributed by atoms with E-state index >= 15 is 0 Å². The van der Waals surface area contributed by atoms with Gasteiger partial charge in [0.2, 0.25) is 0 Å². The lowest BCUT2D eigenvalue weighted by Crippen LogP contribution is -2.07. The van der Waals surface area contributed by atoms with E-state index in [1.165, 1.54) is 0 Å². The van der Waals surface area contributed by atoms with Gasteiger partial charge in [-0.05, 0) is 24.3 Å². The Bertz CT molecular complexity index is 2030. The van der Waals surface area contributed by atoms with E-state index < -0.39 is 0 Å². The molecule has 0 saturated carbocycles. The molecular formula is C30H18N2O2. The molecule has 8 rings (SSSR count). The zero-order chi connectivity index (χ0) is 23.1. The topological polar surface area (TPSA) is 59.9 Å². The van der Waals surface area contributed by atoms with Gasteiger partial charge in [0.25, 0.3) is 0 Å². The highest BCUT2D eigenvalue weighted by atomic mass is 16.1. The quantitative estimate of drug-likeness (QED) is 0.197. The van der Waals surface area contributed by atoms with E-state index in [1.807, 2.05) is 86.6 Å². The summed E-state index contributed by atoms with van der Waals surface area (Å²) < 4.78 is 0. The molecule has 0 spiro atoms. The maximum absolute atomic E-state index is 13.3. The van der Waals surface area contributed by atoms with Crippen LogP contribution in [0.4, 0.5) is 0 Å². The Balaban J connectivity index is 0.000000977. The van der Waals surface area contributed by atoms with Crippen molar-refractivity contribution in [1.82, 2.24) is 9.97 Å². The standard InChI is InChI=1S/C28H12N2O2.C2H6/c31-27-15-7-3-1-5-13(15)25-21-17(27)9-12-20-23(21)24-19(29-25)11-10-18-22(24)26(30-20)14-6-2-4-8-16(14)28(18)32;1-2/h1-12H;1-2H3. The van der Waals surface area contributed by atoms with E-state index in [4.69, 9.17) is 9.97 Å². The van der Waals surface area contributed by atoms with Crippen LogP contribution in [0.5, 0.6) is 0 Å². The Morgan fingerprint density at radius 3 is 1.24 bits per heavy atom. The molecule has 8 aromatic rings. The smallest absolute Gasteiger partial charge is 0.194 e.